The highest BCUT2D eigenvalue weighted by Crippen LogP contribution is 2.17. The minimum absolute atomic E-state index is 0.0674. The van der Waals surface area contributed by atoms with Crippen molar-refractivity contribution in [3.05, 3.63) is 59.9 Å². The normalized spacial score (nSPS) is 12.8. The summed E-state index contributed by atoms with van der Waals surface area (Å²) in [5.74, 6) is -0.222. The van der Waals surface area contributed by atoms with Crippen LogP contribution in [0.3, 0.4) is 0 Å². The largest absolute Gasteiger partial charge is 0.353 e. The lowest BCUT2D eigenvalue weighted by atomic mass is 10.2. The first kappa shape index (κ1) is 19.3. The molecule has 0 spiro atoms. The number of carbonyl (C=O) groups is 1. The van der Waals surface area contributed by atoms with Crippen molar-refractivity contribution in [1.82, 2.24) is 19.6 Å². The average Bonchev–Trinajstić information content (AvgIpc) is 3.08. The van der Waals surface area contributed by atoms with Gasteiger partial charge in [0.05, 0.1) is 22.3 Å². The van der Waals surface area contributed by atoms with Crippen molar-refractivity contribution >= 4 is 38.6 Å². The molecule has 2 N–H and O–H groups in total. The van der Waals surface area contributed by atoms with Crippen molar-refractivity contribution < 1.29 is 13.2 Å². The maximum absolute atomic E-state index is 12.4. The van der Waals surface area contributed by atoms with Crippen molar-refractivity contribution in [3.63, 3.8) is 0 Å². The fourth-order valence-corrected chi connectivity index (χ4v) is 3.98. The van der Waals surface area contributed by atoms with E-state index in [1.165, 1.54) is 12.1 Å². The number of sulfonamides is 1. The van der Waals surface area contributed by atoms with E-state index in [4.69, 9.17) is 11.6 Å². The molecule has 1 atom stereocenters. The first-order chi connectivity index (χ1) is 12.9. The number of amides is 1. The molecular formula is C18H19ClN4O3S. The van der Waals surface area contributed by atoms with Gasteiger partial charge in [-0.15, -0.1) is 0 Å². The number of benzene rings is 2. The van der Waals surface area contributed by atoms with E-state index in [1.54, 1.807) is 30.0 Å². The number of imidazole rings is 1. The van der Waals surface area contributed by atoms with Crippen LogP contribution in [0.4, 0.5) is 0 Å². The molecule has 3 rings (SSSR count). The van der Waals surface area contributed by atoms with E-state index >= 15 is 0 Å². The maximum atomic E-state index is 12.4. The summed E-state index contributed by atoms with van der Waals surface area (Å²) in [6, 6.07) is 13.1. The lowest BCUT2D eigenvalue weighted by molar-refractivity contribution is -0.123. The summed E-state index contributed by atoms with van der Waals surface area (Å²) in [5, 5.41) is 3.07. The number of rotatable bonds is 7. The minimum Gasteiger partial charge on any atom is -0.353 e. The molecule has 0 fully saturated rings. The van der Waals surface area contributed by atoms with Crippen LogP contribution in [0.2, 0.25) is 5.02 Å². The molecule has 0 radical (unpaired) electrons. The number of halogens is 1. The second kappa shape index (κ2) is 8.08. The first-order valence-electron chi connectivity index (χ1n) is 8.33. The number of hydrogen-bond donors (Lipinski definition) is 2. The zero-order valence-electron chi connectivity index (χ0n) is 14.6. The van der Waals surface area contributed by atoms with Gasteiger partial charge in [0.25, 0.3) is 0 Å². The Bertz CT molecular complexity index is 1070. The third-order valence-electron chi connectivity index (χ3n) is 4.10. The Morgan fingerprint density at radius 2 is 1.96 bits per heavy atom. The molecule has 1 amide bonds. The molecule has 2 aromatic carbocycles. The van der Waals surface area contributed by atoms with Gasteiger partial charge in [0, 0.05) is 18.1 Å². The number of nitrogens with zero attached hydrogens (tertiary/aromatic N) is 2. The predicted octanol–water partition coefficient (Wildman–Crippen LogP) is 2.35. The lowest BCUT2D eigenvalue weighted by Gasteiger charge is -2.15. The second-order valence-corrected chi connectivity index (χ2v) is 8.17. The number of hydrogen-bond acceptors (Lipinski definition) is 4. The van der Waals surface area contributed by atoms with Gasteiger partial charge in [-0.1, -0.05) is 29.8 Å². The maximum Gasteiger partial charge on any atom is 0.242 e. The van der Waals surface area contributed by atoms with E-state index in [1.807, 2.05) is 24.3 Å². The van der Waals surface area contributed by atoms with Gasteiger partial charge >= 0.3 is 0 Å². The Hall–Kier alpha value is -2.42. The van der Waals surface area contributed by atoms with Crippen molar-refractivity contribution in [2.75, 3.05) is 13.1 Å². The van der Waals surface area contributed by atoms with Gasteiger partial charge in [0.2, 0.25) is 15.9 Å². The summed E-state index contributed by atoms with van der Waals surface area (Å²) < 4.78 is 28.6. The predicted molar refractivity (Wildman–Crippen MR) is 104 cm³/mol. The molecule has 0 saturated heterocycles. The topological polar surface area (TPSA) is 93.1 Å². The molecule has 0 aliphatic heterocycles. The van der Waals surface area contributed by atoms with Crippen LogP contribution in [0.5, 0.6) is 0 Å². The monoisotopic (exact) mass is 406 g/mol. The summed E-state index contributed by atoms with van der Waals surface area (Å²) in [7, 11) is -3.67. The highest BCUT2D eigenvalue weighted by atomic mass is 35.5. The molecule has 0 aliphatic rings. The molecule has 0 saturated carbocycles. The van der Waals surface area contributed by atoms with E-state index in [-0.39, 0.29) is 23.9 Å². The standard InChI is InChI=1S/C18H19ClN4O3S/c1-13(23-12-21-16-7-2-3-8-17(16)23)18(24)20-9-10-22-27(25,26)15-6-4-5-14(19)11-15/h2-8,11-13,22H,9-10H2,1H3,(H,20,24). The van der Waals surface area contributed by atoms with Crippen LogP contribution in [0.15, 0.2) is 59.8 Å². The molecule has 142 valence electrons. The summed E-state index contributed by atoms with van der Waals surface area (Å²) >= 11 is 5.82. The number of fused-ring (bicyclic) bond motifs is 1. The van der Waals surface area contributed by atoms with Gasteiger partial charge in [-0.05, 0) is 37.3 Å². The zero-order valence-corrected chi connectivity index (χ0v) is 16.2. The molecule has 27 heavy (non-hydrogen) atoms. The number of para-hydroxylation sites is 2. The van der Waals surface area contributed by atoms with Crippen LogP contribution in [0.25, 0.3) is 11.0 Å². The molecule has 9 heteroatoms. The Morgan fingerprint density at radius 3 is 2.74 bits per heavy atom. The van der Waals surface area contributed by atoms with E-state index in [2.05, 4.69) is 15.0 Å². The fraction of sp³-hybridized carbons (Fsp3) is 0.222. The molecule has 0 aliphatic carbocycles. The number of nitrogens with one attached hydrogen (secondary N) is 2. The Kier molecular flexibility index (Phi) is 5.79. The van der Waals surface area contributed by atoms with Crippen LogP contribution < -0.4 is 10.0 Å². The molecule has 7 nitrogen and oxygen atoms in total. The Morgan fingerprint density at radius 1 is 1.19 bits per heavy atom. The van der Waals surface area contributed by atoms with Gasteiger partial charge < -0.3 is 9.88 Å². The fourth-order valence-electron chi connectivity index (χ4n) is 2.65. The summed E-state index contributed by atoms with van der Waals surface area (Å²) in [6.45, 7) is 1.99. The van der Waals surface area contributed by atoms with E-state index in [9.17, 15) is 13.2 Å². The molecule has 3 aromatic rings. The van der Waals surface area contributed by atoms with Crippen molar-refractivity contribution in [3.8, 4) is 0 Å². The zero-order chi connectivity index (χ0) is 19.4. The van der Waals surface area contributed by atoms with Gasteiger partial charge in [-0.3, -0.25) is 4.79 Å². The van der Waals surface area contributed by atoms with Crippen molar-refractivity contribution in [1.29, 1.82) is 0 Å². The molecule has 1 unspecified atom stereocenters. The SMILES string of the molecule is CC(C(=O)NCCNS(=O)(=O)c1cccc(Cl)c1)n1cnc2ccccc21. The van der Waals surface area contributed by atoms with E-state index in [0.717, 1.165) is 11.0 Å². The van der Waals surface area contributed by atoms with E-state index < -0.39 is 16.1 Å². The highest BCUT2D eigenvalue weighted by Gasteiger charge is 2.17. The van der Waals surface area contributed by atoms with Gasteiger partial charge in [-0.2, -0.15) is 0 Å². The molecule has 1 heterocycles. The van der Waals surface area contributed by atoms with Crippen LogP contribution in [-0.4, -0.2) is 37.0 Å². The second-order valence-electron chi connectivity index (χ2n) is 5.96. The summed E-state index contributed by atoms with van der Waals surface area (Å²) in [6.07, 6.45) is 1.62. The summed E-state index contributed by atoms with van der Waals surface area (Å²) in [5.41, 5.74) is 1.67. The highest BCUT2D eigenvalue weighted by molar-refractivity contribution is 7.89. The van der Waals surface area contributed by atoms with Crippen LogP contribution in [0.1, 0.15) is 13.0 Å². The quantitative estimate of drug-likeness (QED) is 0.589. The molecule has 1 aromatic heterocycles. The summed E-state index contributed by atoms with van der Waals surface area (Å²) in [4.78, 5) is 16.7. The Labute approximate surface area is 162 Å². The third-order valence-corrected chi connectivity index (χ3v) is 5.79. The molecular weight excluding hydrogens is 388 g/mol. The average molecular weight is 407 g/mol. The van der Waals surface area contributed by atoms with Crippen molar-refractivity contribution in [2.45, 2.75) is 17.9 Å². The third kappa shape index (κ3) is 4.47. The van der Waals surface area contributed by atoms with Gasteiger partial charge in [-0.25, -0.2) is 18.1 Å². The van der Waals surface area contributed by atoms with Crippen molar-refractivity contribution in [2.24, 2.45) is 0 Å². The molecule has 0 bridgehead atoms. The van der Waals surface area contributed by atoms with Crippen LogP contribution in [-0.2, 0) is 14.8 Å². The number of carbonyl (C=O) groups excluding carboxylic acids is 1. The van der Waals surface area contributed by atoms with Gasteiger partial charge in [0.15, 0.2) is 0 Å². The Balaban J connectivity index is 1.55. The van der Waals surface area contributed by atoms with Crippen LogP contribution >= 0.6 is 11.6 Å². The number of aromatic nitrogens is 2. The van der Waals surface area contributed by atoms with Crippen LogP contribution in [0, 0.1) is 0 Å². The van der Waals surface area contributed by atoms with Gasteiger partial charge in [0.1, 0.15) is 6.04 Å². The lowest BCUT2D eigenvalue weighted by Crippen LogP contribution is -2.37. The van der Waals surface area contributed by atoms with E-state index in [0.29, 0.717) is 5.02 Å². The smallest absolute Gasteiger partial charge is 0.242 e. The minimum atomic E-state index is -3.67. The first-order valence-corrected chi connectivity index (χ1v) is 10.2.